The van der Waals surface area contributed by atoms with Crippen LogP contribution in [-0.2, 0) is 11.3 Å². The quantitative estimate of drug-likeness (QED) is 0.415. The van der Waals surface area contributed by atoms with Crippen LogP contribution in [0.1, 0.15) is 44.6 Å². The van der Waals surface area contributed by atoms with E-state index >= 15 is 0 Å². The maximum atomic E-state index is 6.12. The van der Waals surface area contributed by atoms with Gasteiger partial charge >= 0.3 is 0 Å². The molecule has 3 rings (SSSR count). The van der Waals surface area contributed by atoms with Crippen LogP contribution in [0.5, 0.6) is 0 Å². The van der Waals surface area contributed by atoms with Crippen molar-refractivity contribution < 1.29 is 4.74 Å². The second-order valence-electron chi connectivity index (χ2n) is 6.66. The Bertz CT molecular complexity index is 604. The molecule has 25 heavy (non-hydrogen) atoms. The lowest BCUT2D eigenvalue weighted by molar-refractivity contribution is 0.0880. The first-order valence-corrected chi connectivity index (χ1v) is 11.2. The third-order valence-corrected chi connectivity index (χ3v) is 7.75. The molecule has 1 nitrogen and oxygen atoms in total. The lowest BCUT2D eigenvalue weighted by Crippen LogP contribution is -2.19. The van der Waals surface area contributed by atoms with Crippen molar-refractivity contribution in [2.75, 3.05) is 6.61 Å². The summed E-state index contributed by atoms with van der Waals surface area (Å²) in [5.41, 5.74) is 1.27. The average molecular weight is 373 g/mol. The summed E-state index contributed by atoms with van der Waals surface area (Å²) in [7, 11) is 0. The Hall–Kier alpha value is -0.900. The molecule has 0 fully saturated rings. The van der Waals surface area contributed by atoms with Crippen molar-refractivity contribution in [1.82, 2.24) is 0 Å². The second kappa shape index (κ2) is 10.3. The van der Waals surface area contributed by atoms with Crippen LogP contribution in [0.2, 0.25) is 0 Å². The summed E-state index contributed by atoms with van der Waals surface area (Å²) in [5.74, 6) is 0.614. The fourth-order valence-corrected chi connectivity index (χ4v) is 6.25. The molecule has 1 atom stereocenters. The molecule has 0 N–H and O–H groups in total. The Labute approximate surface area is 160 Å². The summed E-state index contributed by atoms with van der Waals surface area (Å²) in [5, 5.41) is 0. The number of fused-ring (bicyclic) bond motifs is 1. The highest BCUT2D eigenvalue weighted by atomic mass is 32.2. The first-order chi connectivity index (χ1) is 12.4. The van der Waals surface area contributed by atoms with Crippen molar-refractivity contribution in [2.24, 2.45) is 5.92 Å². The van der Waals surface area contributed by atoms with E-state index in [1.807, 2.05) is 23.5 Å². The van der Waals surface area contributed by atoms with Gasteiger partial charge in [0.2, 0.25) is 0 Å². The highest BCUT2D eigenvalue weighted by Crippen LogP contribution is 2.51. The summed E-state index contributed by atoms with van der Waals surface area (Å²) >= 11 is 4.07. The molecule has 2 aromatic rings. The minimum atomic E-state index is 0.592. The van der Waals surface area contributed by atoms with Crippen molar-refractivity contribution >= 4 is 23.5 Å². The lowest BCUT2D eigenvalue weighted by atomic mass is 10.0. The fourth-order valence-electron chi connectivity index (χ4n) is 3.15. The molecule has 0 saturated carbocycles. The molecule has 0 spiro atoms. The summed E-state index contributed by atoms with van der Waals surface area (Å²) in [6.07, 6.45) is 6.59. The number of benzene rings is 2. The molecular weight excluding hydrogens is 344 g/mol. The molecule has 1 heterocycles. The molecule has 3 heteroatoms. The number of rotatable bonds is 10. The van der Waals surface area contributed by atoms with Crippen LogP contribution in [0.4, 0.5) is 0 Å². The summed E-state index contributed by atoms with van der Waals surface area (Å²) in [4.78, 5) is 2.89. The minimum Gasteiger partial charge on any atom is -0.376 e. The largest absolute Gasteiger partial charge is 0.376 e. The minimum absolute atomic E-state index is 0.592. The van der Waals surface area contributed by atoms with Gasteiger partial charge in [0, 0.05) is 15.7 Å². The molecular formula is C22H28OS2. The molecule has 0 aromatic heterocycles. The number of hydrogen-bond donors (Lipinski definition) is 0. The third kappa shape index (κ3) is 5.80. The van der Waals surface area contributed by atoms with Gasteiger partial charge in [-0.25, -0.2) is 0 Å². The zero-order valence-corrected chi connectivity index (χ0v) is 16.7. The molecule has 0 amide bonds. The number of thioether (sulfide) groups is 2. The predicted octanol–water partition coefficient (Wildman–Crippen LogP) is 7.01. The molecule has 1 aliphatic rings. The molecule has 0 bridgehead atoms. The molecule has 0 aliphatic carbocycles. The highest BCUT2D eigenvalue weighted by Gasteiger charge is 2.30. The first kappa shape index (κ1) is 18.9. The fraction of sp³-hybridized carbons (Fsp3) is 0.455. The van der Waals surface area contributed by atoms with Crippen LogP contribution in [0.3, 0.4) is 0 Å². The van der Waals surface area contributed by atoms with Crippen molar-refractivity contribution in [3.05, 3.63) is 60.2 Å². The Morgan fingerprint density at radius 2 is 1.56 bits per heavy atom. The van der Waals surface area contributed by atoms with E-state index in [1.165, 1.54) is 47.5 Å². The zero-order chi connectivity index (χ0) is 17.3. The van der Waals surface area contributed by atoms with Crippen molar-refractivity contribution in [3.63, 3.8) is 0 Å². The van der Waals surface area contributed by atoms with Gasteiger partial charge in [-0.15, -0.1) is 23.5 Å². The topological polar surface area (TPSA) is 9.23 Å². The first-order valence-electron chi connectivity index (χ1n) is 9.41. The van der Waals surface area contributed by atoms with E-state index in [0.717, 1.165) is 13.2 Å². The Morgan fingerprint density at radius 3 is 2.24 bits per heavy atom. The van der Waals surface area contributed by atoms with E-state index < -0.39 is 0 Å². The summed E-state index contributed by atoms with van der Waals surface area (Å²) in [6.45, 7) is 3.86. The van der Waals surface area contributed by atoms with Gasteiger partial charge in [-0.1, -0.05) is 75.1 Å². The molecule has 1 unspecified atom stereocenters. The Morgan fingerprint density at radius 1 is 0.880 bits per heavy atom. The van der Waals surface area contributed by atoms with Crippen molar-refractivity contribution in [3.8, 4) is 0 Å². The molecule has 2 aromatic carbocycles. The van der Waals surface area contributed by atoms with E-state index in [0.29, 0.717) is 10.5 Å². The molecule has 0 radical (unpaired) electrons. The lowest BCUT2D eigenvalue weighted by Gasteiger charge is -2.22. The molecule has 1 aliphatic heterocycles. The second-order valence-corrected chi connectivity index (χ2v) is 9.33. The molecule has 134 valence electrons. The number of hydrogen-bond acceptors (Lipinski definition) is 3. The van der Waals surface area contributed by atoms with Crippen LogP contribution in [-0.4, -0.2) is 11.2 Å². The molecule has 0 saturated heterocycles. The normalized spacial score (nSPS) is 15.2. The van der Waals surface area contributed by atoms with E-state index in [9.17, 15) is 0 Å². The standard InChI is InChI=1S/C22H28OS2/c1-2-3-4-8-13-19(17-23-16-18-11-6-5-7-12-18)22-24-20-14-9-10-15-21(20)25-22/h5-7,9-12,14-15,19,22H,2-4,8,13,16-17H2,1H3. The Balaban J connectivity index is 1.54. The maximum Gasteiger partial charge on any atom is 0.0717 e. The Kier molecular flexibility index (Phi) is 7.78. The van der Waals surface area contributed by atoms with Gasteiger partial charge < -0.3 is 4.74 Å². The monoisotopic (exact) mass is 372 g/mol. The van der Waals surface area contributed by atoms with E-state index in [2.05, 4.69) is 61.5 Å². The van der Waals surface area contributed by atoms with Crippen LogP contribution in [0.15, 0.2) is 64.4 Å². The van der Waals surface area contributed by atoms with Crippen molar-refractivity contribution in [1.29, 1.82) is 0 Å². The van der Waals surface area contributed by atoms with Gasteiger partial charge in [-0.3, -0.25) is 0 Å². The van der Waals surface area contributed by atoms with E-state index in [-0.39, 0.29) is 0 Å². The van der Waals surface area contributed by atoms with Gasteiger partial charge in [0.1, 0.15) is 0 Å². The zero-order valence-electron chi connectivity index (χ0n) is 15.0. The number of ether oxygens (including phenoxy) is 1. The van der Waals surface area contributed by atoms with Gasteiger partial charge in [0.15, 0.2) is 0 Å². The SMILES string of the molecule is CCCCCCC(COCc1ccccc1)C1Sc2ccccc2S1. The average Bonchev–Trinajstić information content (AvgIpc) is 3.08. The van der Waals surface area contributed by atoms with E-state index in [4.69, 9.17) is 4.74 Å². The number of unbranched alkanes of at least 4 members (excludes halogenated alkanes) is 3. The van der Waals surface area contributed by atoms with Crippen LogP contribution in [0.25, 0.3) is 0 Å². The smallest absolute Gasteiger partial charge is 0.0717 e. The van der Waals surface area contributed by atoms with Gasteiger partial charge in [-0.2, -0.15) is 0 Å². The van der Waals surface area contributed by atoms with Gasteiger partial charge in [0.05, 0.1) is 17.8 Å². The van der Waals surface area contributed by atoms with Crippen LogP contribution >= 0.6 is 23.5 Å². The van der Waals surface area contributed by atoms with Crippen LogP contribution in [0, 0.1) is 5.92 Å². The summed E-state index contributed by atoms with van der Waals surface area (Å²) < 4.78 is 6.72. The van der Waals surface area contributed by atoms with Crippen LogP contribution < -0.4 is 0 Å². The van der Waals surface area contributed by atoms with E-state index in [1.54, 1.807) is 0 Å². The van der Waals surface area contributed by atoms with Gasteiger partial charge in [-0.05, 0) is 24.1 Å². The van der Waals surface area contributed by atoms with Gasteiger partial charge in [0.25, 0.3) is 0 Å². The third-order valence-electron chi connectivity index (χ3n) is 4.59. The maximum absolute atomic E-state index is 6.12. The highest BCUT2D eigenvalue weighted by molar-refractivity contribution is 8.19. The summed E-state index contributed by atoms with van der Waals surface area (Å²) in [6, 6.07) is 19.3. The van der Waals surface area contributed by atoms with Crippen molar-refractivity contribution in [2.45, 2.75) is 60.0 Å². The predicted molar refractivity (Wildman–Crippen MR) is 110 cm³/mol.